The molecule has 2 N–H and O–H groups in total. The maximum atomic E-state index is 12.5. The van der Waals surface area contributed by atoms with Gasteiger partial charge >= 0.3 is 12.1 Å². The average molecular weight is 494 g/mol. The third-order valence-corrected chi connectivity index (χ3v) is 6.93. The molecule has 9 nitrogen and oxygen atoms in total. The Labute approximate surface area is 205 Å². The van der Waals surface area contributed by atoms with E-state index in [0.29, 0.717) is 18.1 Å². The Morgan fingerprint density at radius 2 is 1.71 bits per heavy atom. The van der Waals surface area contributed by atoms with Crippen LogP contribution in [0.2, 0.25) is 0 Å². The van der Waals surface area contributed by atoms with Crippen LogP contribution in [0.15, 0.2) is 53.9 Å². The summed E-state index contributed by atoms with van der Waals surface area (Å²) in [6, 6.07) is 16.3. The van der Waals surface area contributed by atoms with Crippen molar-refractivity contribution >= 4 is 29.3 Å². The maximum Gasteiger partial charge on any atom is 0.407 e. The number of carbonyl (C=O) groups excluding carboxylic acids is 2. The van der Waals surface area contributed by atoms with E-state index in [4.69, 9.17) is 14.6 Å². The van der Waals surface area contributed by atoms with Crippen LogP contribution < -0.4 is 5.32 Å². The number of alkyl carbamates (subject to hydrolysis) is 1. The van der Waals surface area contributed by atoms with Crippen LogP contribution in [0.25, 0.3) is 11.1 Å². The Bertz CT molecular complexity index is 1220. The van der Waals surface area contributed by atoms with Gasteiger partial charge in [0.15, 0.2) is 0 Å². The molecule has 2 aromatic carbocycles. The molecule has 10 heteroatoms. The van der Waals surface area contributed by atoms with Crippen molar-refractivity contribution < 1.29 is 29.0 Å². The number of thiazole rings is 1. The summed E-state index contributed by atoms with van der Waals surface area (Å²) in [5.41, 5.74) is 4.91. The molecule has 2 aliphatic rings. The number of aromatic nitrogens is 1. The van der Waals surface area contributed by atoms with Crippen molar-refractivity contribution in [2.24, 2.45) is 0 Å². The minimum Gasteiger partial charge on any atom is -0.480 e. The Hall–Kier alpha value is -3.76. The van der Waals surface area contributed by atoms with Gasteiger partial charge in [0, 0.05) is 24.4 Å². The van der Waals surface area contributed by atoms with Gasteiger partial charge in [-0.2, -0.15) is 0 Å². The third kappa shape index (κ3) is 4.89. The molecule has 2 heterocycles. The van der Waals surface area contributed by atoms with E-state index in [0.717, 1.165) is 11.1 Å². The molecule has 0 bridgehead atoms. The van der Waals surface area contributed by atoms with Gasteiger partial charge in [0.05, 0.1) is 12.6 Å². The highest BCUT2D eigenvalue weighted by Crippen LogP contribution is 2.44. The van der Waals surface area contributed by atoms with Crippen LogP contribution in [0.4, 0.5) is 4.79 Å². The number of hydrogen-bond acceptors (Lipinski definition) is 7. The zero-order valence-electron chi connectivity index (χ0n) is 18.7. The number of ether oxygens (including phenoxy) is 2. The van der Waals surface area contributed by atoms with Crippen LogP contribution in [0.5, 0.6) is 0 Å². The lowest BCUT2D eigenvalue weighted by Crippen LogP contribution is -2.55. The quantitative estimate of drug-likeness (QED) is 0.495. The van der Waals surface area contributed by atoms with Crippen molar-refractivity contribution in [2.75, 3.05) is 26.3 Å². The molecule has 35 heavy (non-hydrogen) atoms. The van der Waals surface area contributed by atoms with Gasteiger partial charge in [0.2, 0.25) is 0 Å². The number of benzene rings is 2. The Balaban J connectivity index is 1.10. The zero-order valence-corrected chi connectivity index (χ0v) is 19.5. The predicted octanol–water partition coefficient (Wildman–Crippen LogP) is 3.11. The highest BCUT2D eigenvalue weighted by atomic mass is 32.1. The van der Waals surface area contributed by atoms with Crippen molar-refractivity contribution in [2.45, 2.75) is 18.6 Å². The zero-order chi connectivity index (χ0) is 24.4. The van der Waals surface area contributed by atoms with Crippen molar-refractivity contribution in [3.8, 4) is 11.1 Å². The van der Waals surface area contributed by atoms with E-state index in [1.807, 2.05) is 24.3 Å². The molecule has 0 unspecified atom stereocenters. The number of likely N-dealkylation sites (tertiary alicyclic amines) is 1. The minimum absolute atomic E-state index is 0.0166. The first-order valence-corrected chi connectivity index (χ1v) is 12.0. The van der Waals surface area contributed by atoms with Gasteiger partial charge in [-0.1, -0.05) is 48.5 Å². The van der Waals surface area contributed by atoms with Crippen LogP contribution in [-0.4, -0.2) is 65.4 Å². The first kappa shape index (κ1) is 23.0. The predicted molar refractivity (Wildman–Crippen MR) is 127 cm³/mol. The summed E-state index contributed by atoms with van der Waals surface area (Å²) >= 11 is 1.27. The Morgan fingerprint density at radius 1 is 1.06 bits per heavy atom. The van der Waals surface area contributed by atoms with E-state index in [9.17, 15) is 14.4 Å². The molecule has 0 radical (unpaired) electrons. The highest BCUT2D eigenvalue weighted by Gasteiger charge is 2.33. The molecule has 5 rings (SSSR count). The largest absolute Gasteiger partial charge is 0.480 e. The first-order valence-electron chi connectivity index (χ1n) is 11.2. The summed E-state index contributed by atoms with van der Waals surface area (Å²) in [5.74, 6) is -1.30. The lowest BCUT2D eigenvalue weighted by molar-refractivity contribution is -0.147. The van der Waals surface area contributed by atoms with E-state index in [2.05, 4.69) is 34.6 Å². The van der Waals surface area contributed by atoms with Gasteiger partial charge in [-0.15, -0.1) is 11.3 Å². The topological polar surface area (TPSA) is 118 Å². The third-order valence-electron chi connectivity index (χ3n) is 6.08. The second-order valence-corrected chi connectivity index (χ2v) is 9.29. The molecule has 1 aromatic heterocycles. The fourth-order valence-corrected chi connectivity index (χ4v) is 5.06. The van der Waals surface area contributed by atoms with Crippen LogP contribution in [0.3, 0.4) is 0 Å². The van der Waals surface area contributed by atoms with Crippen molar-refractivity contribution in [3.63, 3.8) is 0 Å². The summed E-state index contributed by atoms with van der Waals surface area (Å²) in [6.45, 7) is 0.656. The summed E-state index contributed by atoms with van der Waals surface area (Å²) in [5, 5.41) is 13.6. The molecule has 1 aliphatic carbocycles. The van der Waals surface area contributed by atoms with Crippen molar-refractivity contribution in [1.82, 2.24) is 15.2 Å². The second-order valence-electron chi connectivity index (χ2n) is 8.34. The molecule has 180 valence electrons. The number of carboxylic acids is 1. The van der Waals surface area contributed by atoms with Gasteiger partial charge in [-0.05, 0) is 22.3 Å². The number of amides is 2. The molecule has 1 aliphatic heterocycles. The standard InChI is InChI=1S/C25H23N3O6S/c29-23(30)13-33-15-10-28(11-15)24(31)21-14-35-22(27-21)9-26-25(32)34-12-20-18-7-3-1-5-16(18)17-6-2-4-8-19(17)20/h1-8,14-15,20H,9-13H2,(H,26,32)(H,29,30). The summed E-state index contributed by atoms with van der Waals surface area (Å²) in [6.07, 6.45) is -0.820. The lowest BCUT2D eigenvalue weighted by Gasteiger charge is -2.38. The molecule has 1 fully saturated rings. The number of hydrogen-bond donors (Lipinski definition) is 2. The van der Waals surface area contributed by atoms with Crippen molar-refractivity contribution in [3.05, 3.63) is 75.7 Å². The second kappa shape index (κ2) is 9.85. The van der Waals surface area contributed by atoms with E-state index in [-0.39, 0.29) is 43.4 Å². The molecule has 0 atom stereocenters. The number of aliphatic carboxylic acids is 1. The number of nitrogens with one attached hydrogen (secondary N) is 1. The average Bonchev–Trinajstić information content (AvgIpc) is 3.43. The minimum atomic E-state index is -1.04. The van der Waals surface area contributed by atoms with E-state index >= 15 is 0 Å². The summed E-state index contributed by atoms with van der Waals surface area (Å²) in [7, 11) is 0. The monoisotopic (exact) mass is 493 g/mol. The van der Waals surface area contributed by atoms with Crippen LogP contribution >= 0.6 is 11.3 Å². The highest BCUT2D eigenvalue weighted by molar-refractivity contribution is 7.09. The fourth-order valence-electron chi connectivity index (χ4n) is 4.35. The molecule has 1 saturated heterocycles. The SMILES string of the molecule is O=C(O)COC1CN(C(=O)c2csc(CNC(=O)OCC3c4ccccc4-c4ccccc43)n2)C1. The smallest absolute Gasteiger partial charge is 0.407 e. The van der Waals surface area contributed by atoms with Gasteiger partial charge in [-0.25, -0.2) is 14.6 Å². The molecule has 0 saturated carbocycles. The first-order chi connectivity index (χ1) is 17.0. The van der Waals surface area contributed by atoms with E-state index in [1.54, 1.807) is 10.3 Å². The number of nitrogens with zero attached hydrogens (tertiary/aromatic N) is 2. The fraction of sp³-hybridized carbons (Fsp3) is 0.280. The van der Waals surface area contributed by atoms with E-state index < -0.39 is 12.1 Å². The normalized spacial score (nSPS) is 14.7. The van der Waals surface area contributed by atoms with Gasteiger partial charge < -0.3 is 24.8 Å². The van der Waals surface area contributed by atoms with Gasteiger partial charge in [0.1, 0.15) is 23.9 Å². The Morgan fingerprint density at radius 3 is 2.37 bits per heavy atom. The molecule has 3 aromatic rings. The molecule has 2 amide bonds. The van der Waals surface area contributed by atoms with Gasteiger partial charge in [-0.3, -0.25) is 4.79 Å². The Kier molecular flexibility index (Phi) is 6.47. The molecular formula is C25H23N3O6S. The maximum absolute atomic E-state index is 12.5. The number of carbonyl (C=O) groups is 3. The number of fused-ring (bicyclic) bond motifs is 3. The number of rotatable bonds is 8. The van der Waals surface area contributed by atoms with Gasteiger partial charge in [0.25, 0.3) is 5.91 Å². The van der Waals surface area contributed by atoms with E-state index in [1.165, 1.54) is 22.5 Å². The lowest BCUT2D eigenvalue weighted by atomic mass is 9.98. The molecular weight excluding hydrogens is 470 g/mol. The van der Waals surface area contributed by atoms with Crippen LogP contribution in [0.1, 0.15) is 32.5 Å². The van der Waals surface area contributed by atoms with Crippen LogP contribution in [0, 0.1) is 0 Å². The molecule has 0 spiro atoms. The summed E-state index contributed by atoms with van der Waals surface area (Å²) < 4.78 is 10.7. The number of carboxylic acid groups (broad SMARTS) is 1. The van der Waals surface area contributed by atoms with Crippen LogP contribution in [-0.2, 0) is 20.8 Å². The van der Waals surface area contributed by atoms with Crippen molar-refractivity contribution in [1.29, 1.82) is 0 Å². The summed E-state index contributed by atoms with van der Waals surface area (Å²) in [4.78, 5) is 41.3.